The van der Waals surface area contributed by atoms with Gasteiger partial charge in [-0.2, -0.15) is 0 Å². The number of hydrogen-bond donors (Lipinski definition) is 2. The second kappa shape index (κ2) is 5.50. The zero-order valence-electron chi connectivity index (χ0n) is 10.1. The van der Waals surface area contributed by atoms with Crippen molar-refractivity contribution in [3.8, 4) is 0 Å². The lowest BCUT2D eigenvalue weighted by atomic mass is 9.98. The third kappa shape index (κ3) is 3.82. The monoisotopic (exact) mass is 212 g/mol. The molecule has 0 aromatic carbocycles. The average molecular weight is 212 g/mol. The molecule has 0 saturated heterocycles. The van der Waals surface area contributed by atoms with Gasteiger partial charge in [0, 0.05) is 12.0 Å². The Morgan fingerprint density at radius 1 is 1.40 bits per heavy atom. The van der Waals surface area contributed by atoms with E-state index in [0.717, 1.165) is 6.42 Å². The Labute approximate surface area is 92.8 Å². The van der Waals surface area contributed by atoms with Crippen LogP contribution in [0.3, 0.4) is 0 Å². The van der Waals surface area contributed by atoms with E-state index in [9.17, 15) is 4.79 Å². The Morgan fingerprint density at radius 3 is 2.40 bits per heavy atom. The number of nitrogens with one attached hydrogen (secondary N) is 1. The molecule has 88 valence electrons. The van der Waals surface area contributed by atoms with Crippen LogP contribution in [0.15, 0.2) is 0 Å². The first-order valence-corrected chi connectivity index (χ1v) is 6.06. The van der Waals surface area contributed by atoms with Crippen molar-refractivity contribution in [1.82, 2.24) is 5.32 Å². The van der Waals surface area contributed by atoms with Crippen molar-refractivity contribution >= 4 is 5.91 Å². The summed E-state index contributed by atoms with van der Waals surface area (Å²) in [5, 5.41) is 3.12. The van der Waals surface area contributed by atoms with Gasteiger partial charge in [-0.05, 0) is 37.6 Å². The predicted octanol–water partition coefficient (Wildman–Crippen LogP) is 1.52. The molecular weight excluding hydrogens is 188 g/mol. The lowest BCUT2D eigenvalue weighted by molar-refractivity contribution is -0.126. The summed E-state index contributed by atoms with van der Waals surface area (Å²) in [6.45, 7) is 6.93. The minimum Gasteiger partial charge on any atom is -0.353 e. The zero-order valence-corrected chi connectivity index (χ0v) is 10.1. The van der Waals surface area contributed by atoms with Gasteiger partial charge in [-0.25, -0.2) is 0 Å². The molecule has 1 amide bonds. The number of amides is 1. The molecule has 3 nitrogen and oxygen atoms in total. The summed E-state index contributed by atoms with van der Waals surface area (Å²) in [5.74, 6) is 1.49. The van der Waals surface area contributed by atoms with Crippen LogP contribution in [0.25, 0.3) is 0 Å². The Kier molecular flexibility index (Phi) is 4.58. The lowest BCUT2D eigenvalue weighted by Gasteiger charge is -2.23. The maximum Gasteiger partial charge on any atom is 0.223 e. The van der Waals surface area contributed by atoms with Gasteiger partial charge in [-0.15, -0.1) is 0 Å². The smallest absolute Gasteiger partial charge is 0.223 e. The fourth-order valence-corrected chi connectivity index (χ4v) is 1.88. The number of hydrogen-bond acceptors (Lipinski definition) is 2. The molecule has 0 radical (unpaired) electrons. The Morgan fingerprint density at radius 2 is 2.00 bits per heavy atom. The van der Waals surface area contributed by atoms with E-state index in [4.69, 9.17) is 5.73 Å². The summed E-state index contributed by atoms with van der Waals surface area (Å²) in [4.78, 5) is 11.9. The number of carbonyl (C=O) groups is 1. The molecule has 0 heterocycles. The third-order valence-corrected chi connectivity index (χ3v) is 3.35. The molecule has 1 saturated carbocycles. The van der Waals surface area contributed by atoms with Gasteiger partial charge in [-0.3, -0.25) is 4.79 Å². The molecular formula is C12H24N2O. The Bertz CT molecular complexity index is 212. The van der Waals surface area contributed by atoms with Crippen molar-refractivity contribution < 1.29 is 4.79 Å². The molecule has 2 atom stereocenters. The SMILES string of the molecule is CC(C)C(CCN)NC(=O)C(C)C1CC1. The van der Waals surface area contributed by atoms with E-state index in [0.29, 0.717) is 18.4 Å². The van der Waals surface area contributed by atoms with Crippen LogP contribution in [0, 0.1) is 17.8 Å². The quantitative estimate of drug-likeness (QED) is 0.701. The first kappa shape index (κ1) is 12.5. The zero-order chi connectivity index (χ0) is 11.4. The Hall–Kier alpha value is -0.570. The largest absolute Gasteiger partial charge is 0.353 e. The molecule has 0 aromatic heterocycles. The van der Waals surface area contributed by atoms with E-state index < -0.39 is 0 Å². The van der Waals surface area contributed by atoms with Crippen molar-refractivity contribution in [2.24, 2.45) is 23.5 Å². The highest BCUT2D eigenvalue weighted by molar-refractivity contribution is 5.79. The number of nitrogens with two attached hydrogens (primary N) is 1. The van der Waals surface area contributed by atoms with E-state index in [1.165, 1.54) is 12.8 Å². The summed E-state index contributed by atoms with van der Waals surface area (Å²) in [5.41, 5.74) is 5.54. The molecule has 15 heavy (non-hydrogen) atoms. The predicted molar refractivity (Wildman–Crippen MR) is 62.3 cm³/mol. The average Bonchev–Trinajstić information content (AvgIpc) is 2.98. The molecule has 0 bridgehead atoms. The highest BCUT2D eigenvalue weighted by Gasteiger charge is 2.33. The number of rotatable bonds is 6. The second-order valence-electron chi connectivity index (χ2n) is 5.06. The lowest BCUT2D eigenvalue weighted by Crippen LogP contribution is -2.42. The molecule has 1 aliphatic rings. The number of carbonyl (C=O) groups excluding carboxylic acids is 1. The van der Waals surface area contributed by atoms with Gasteiger partial charge in [0.25, 0.3) is 0 Å². The van der Waals surface area contributed by atoms with Crippen LogP contribution in [0.4, 0.5) is 0 Å². The van der Waals surface area contributed by atoms with Gasteiger partial charge in [-0.1, -0.05) is 20.8 Å². The van der Waals surface area contributed by atoms with Crippen molar-refractivity contribution in [3.05, 3.63) is 0 Å². The molecule has 2 unspecified atom stereocenters. The van der Waals surface area contributed by atoms with Gasteiger partial charge in [0.15, 0.2) is 0 Å². The first-order valence-electron chi connectivity index (χ1n) is 6.06. The van der Waals surface area contributed by atoms with Crippen LogP contribution in [0.5, 0.6) is 0 Å². The Balaban J connectivity index is 2.38. The summed E-state index contributed by atoms with van der Waals surface area (Å²) < 4.78 is 0. The van der Waals surface area contributed by atoms with Crippen LogP contribution >= 0.6 is 0 Å². The molecule has 3 heteroatoms. The third-order valence-electron chi connectivity index (χ3n) is 3.35. The molecule has 1 aliphatic carbocycles. The van der Waals surface area contributed by atoms with Gasteiger partial charge in [0.2, 0.25) is 5.91 Å². The standard InChI is InChI=1S/C12H24N2O/c1-8(2)11(6-7-13)14-12(15)9(3)10-4-5-10/h8-11H,4-7,13H2,1-3H3,(H,14,15). The van der Waals surface area contributed by atoms with Crippen LogP contribution in [-0.2, 0) is 4.79 Å². The fraction of sp³-hybridized carbons (Fsp3) is 0.917. The molecule has 1 fully saturated rings. The molecule has 0 spiro atoms. The van der Waals surface area contributed by atoms with Gasteiger partial charge < -0.3 is 11.1 Å². The van der Waals surface area contributed by atoms with Crippen molar-refractivity contribution in [2.75, 3.05) is 6.54 Å². The topological polar surface area (TPSA) is 55.1 Å². The highest BCUT2D eigenvalue weighted by Crippen LogP contribution is 2.36. The molecule has 1 rings (SSSR count). The van der Waals surface area contributed by atoms with E-state index in [1.807, 2.05) is 6.92 Å². The summed E-state index contributed by atoms with van der Waals surface area (Å²) in [6.07, 6.45) is 3.32. The highest BCUT2D eigenvalue weighted by atomic mass is 16.1. The van der Waals surface area contributed by atoms with Crippen molar-refractivity contribution in [2.45, 2.75) is 46.1 Å². The maximum atomic E-state index is 11.9. The van der Waals surface area contributed by atoms with E-state index in [1.54, 1.807) is 0 Å². The summed E-state index contributed by atoms with van der Waals surface area (Å²) in [6, 6.07) is 0.240. The van der Waals surface area contributed by atoms with E-state index in [-0.39, 0.29) is 17.9 Å². The van der Waals surface area contributed by atoms with Crippen LogP contribution in [0.2, 0.25) is 0 Å². The molecule has 3 N–H and O–H groups in total. The van der Waals surface area contributed by atoms with E-state index in [2.05, 4.69) is 19.2 Å². The first-order chi connectivity index (χ1) is 7.06. The second-order valence-corrected chi connectivity index (χ2v) is 5.06. The van der Waals surface area contributed by atoms with E-state index >= 15 is 0 Å². The maximum absolute atomic E-state index is 11.9. The van der Waals surface area contributed by atoms with Gasteiger partial charge >= 0.3 is 0 Å². The van der Waals surface area contributed by atoms with Crippen LogP contribution in [0.1, 0.15) is 40.0 Å². The van der Waals surface area contributed by atoms with Gasteiger partial charge in [0.05, 0.1) is 0 Å². The van der Waals surface area contributed by atoms with Crippen molar-refractivity contribution in [1.29, 1.82) is 0 Å². The molecule has 0 aromatic rings. The fourth-order valence-electron chi connectivity index (χ4n) is 1.88. The minimum atomic E-state index is 0.184. The summed E-state index contributed by atoms with van der Waals surface area (Å²) >= 11 is 0. The minimum absolute atomic E-state index is 0.184. The van der Waals surface area contributed by atoms with Crippen molar-refractivity contribution in [3.63, 3.8) is 0 Å². The van der Waals surface area contributed by atoms with Gasteiger partial charge in [0.1, 0.15) is 0 Å². The summed E-state index contributed by atoms with van der Waals surface area (Å²) in [7, 11) is 0. The molecule has 0 aliphatic heterocycles. The van der Waals surface area contributed by atoms with Crippen LogP contribution < -0.4 is 11.1 Å². The van der Waals surface area contributed by atoms with Crippen LogP contribution in [-0.4, -0.2) is 18.5 Å². The normalized spacial score (nSPS) is 20.1.